The Labute approximate surface area is 126 Å². The molecule has 0 spiro atoms. The van der Waals surface area contributed by atoms with Gasteiger partial charge in [-0.1, -0.05) is 46.0 Å². The maximum Gasteiger partial charge on any atom is 0.0359 e. The van der Waals surface area contributed by atoms with Gasteiger partial charge >= 0.3 is 0 Å². The highest BCUT2D eigenvalue weighted by molar-refractivity contribution is 5.00. The molecular weight excluding hydrogens is 244 g/mol. The largest absolute Gasteiger partial charge is 0.329 e. The van der Waals surface area contributed by atoms with Crippen LogP contribution in [0.3, 0.4) is 0 Å². The number of nitrogens with two attached hydrogens (primary N) is 1. The van der Waals surface area contributed by atoms with Crippen molar-refractivity contribution in [2.75, 3.05) is 19.6 Å². The van der Waals surface area contributed by atoms with Gasteiger partial charge in [-0.3, -0.25) is 4.90 Å². The predicted octanol–water partition coefficient (Wildman–Crippen LogP) is 4.19. The number of hydrogen-bond donors (Lipinski definition) is 1. The highest BCUT2D eigenvalue weighted by Crippen LogP contribution is 2.41. The van der Waals surface area contributed by atoms with Crippen LogP contribution in [0.25, 0.3) is 0 Å². The minimum absolute atomic E-state index is 0.341. The number of hydrogen-bond acceptors (Lipinski definition) is 2. The topological polar surface area (TPSA) is 29.3 Å². The van der Waals surface area contributed by atoms with E-state index in [4.69, 9.17) is 5.73 Å². The fraction of sp³-hybridized carbons (Fsp3) is 1.00. The monoisotopic (exact) mass is 280 g/mol. The summed E-state index contributed by atoms with van der Waals surface area (Å²) in [4.78, 5) is 2.83. The lowest BCUT2D eigenvalue weighted by atomic mass is 9.70. The zero-order chi connectivity index (χ0) is 14.4. The summed E-state index contributed by atoms with van der Waals surface area (Å²) in [6, 6.07) is 0. The van der Waals surface area contributed by atoms with Crippen LogP contribution in [0.15, 0.2) is 0 Å². The third-order valence-electron chi connectivity index (χ3n) is 6.19. The molecule has 0 bridgehead atoms. The summed E-state index contributed by atoms with van der Waals surface area (Å²) in [7, 11) is 0. The molecule has 118 valence electrons. The molecule has 0 amide bonds. The highest BCUT2D eigenvalue weighted by atomic mass is 15.2. The minimum Gasteiger partial charge on any atom is -0.329 e. The smallest absolute Gasteiger partial charge is 0.0359 e. The Morgan fingerprint density at radius 1 is 1.05 bits per heavy atom. The standard InChI is InChI=1S/C18H36N2/c1-3-8-16-9-7-13-20(14-11-16)18(15-19)12-6-5-10-17(18)4-2/h16-17H,3-15,19H2,1-2H3. The van der Waals surface area contributed by atoms with E-state index in [2.05, 4.69) is 18.7 Å². The molecule has 2 aliphatic rings. The van der Waals surface area contributed by atoms with E-state index in [0.29, 0.717) is 5.54 Å². The van der Waals surface area contributed by atoms with E-state index in [9.17, 15) is 0 Å². The predicted molar refractivity (Wildman–Crippen MR) is 87.9 cm³/mol. The van der Waals surface area contributed by atoms with Crippen LogP contribution in [-0.4, -0.2) is 30.1 Å². The molecular formula is C18H36N2. The summed E-state index contributed by atoms with van der Waals surface area (Å²) >= 11 is 0. The Hall–Kier alpha value is -0.0800. The van der Waals surface area contributed by atoms with Crippen molar-refractivity contribution in [3.05, 3.63) is 0 Å². The van der Waals surface area contributed by atoms with Crippen molar-refractivity contribution in [2.24, 2.45) is 17.6 Å². The Morgan fingerprint density at radius 2 is 1.90 bits per heavy atom. The van der Waals surface area contributed by atoms with E-state index in [1.54, 1.807) is 0 Å². The molecule has 0 radical (unpaired) electrons. The van der Waals surface area contributed by atoms with Gasteiger partial charge in [0, 0.05) is 12.1 Å². The second kappa shape index (κ2) is 7.79. The van der Waals surface area contributed by atoms with Crippen molar-refractivity contribution in [2.45, 2.75) is 83.6 Å². The molecule has 1 aliphatic heterocycles. The molecule has 2 nitrogen and oxygen atoms in total. The van der Waals surface area contributed by atoms with Crippen LogP contribution in [0.2, 0.25) is 0 Å². The van der Waals surface area contributed by atoms with Gasteiger partial charge in [0.1, 0.15) is 0 Å². The zero-order valence-corrected chi connectivity index (χ0v) is 13.9. The minimum atomic E-state index is 0.341. The van der Waals surface area contributed by atoms with Crippen molar-refractivity contribution in [1.82, 2.24) is 4.90 Å². The second-order valence-corrected chi connectivity index (χ2v) is 7.23. The van der Waals surface area contributed by atoms with Crippen LogP contribution in [0.4, 0.5) is 0 Å². The van der Waals surface area contributed by atoms with E-state index in [1.165, 1.54) is 77.3 Å². The molecule has 0 aromatic heterocycles. The van der Waals surface area contributed by atoms with E-state index < -0.39 is 0 Å². The first kappa shape index (κ1) is 16.3. The molecule has 1 aliphatic carbocycles. The van der Waals surface area contributed by atoms with Gasteiger partial charge in [-0.05, 0) is 57.0 Å². The second-order valence-electron chi connectivity index (χ2n) is 7.23. The SMILES string of the molecule is CCCC1CCCN(C2(CN)CCCCC2CC)CC1. The molecule has 0 aromatic carbocycles. The maximum atomic E-state index is 6.34. The first-order chi connectivity index (χ1) is 9.76. The molecule has 1 saturated heterocycles. The number of rotatable bonds is 5. The fourth-order valence-electron chi connectivity index (χ4n) is 5.00. The summed E-state index contributed by atoms with van der Waals surface area (Å²) < 4.78 is 0. The Balaban J connectivity index is 2.06. The lowest BCUT2D eigenvalue weighted by Gasteiger charge is -2.51. The molecule has 2 fully saturated rings. The Kier molecular flexibility index (Phi) is 6.35. The third kappa shape index (κ3) is 3.39. The summed E-state index contributed by atoms with van der Waals surface area (Å²) in [6.45, 7) is 8.19. The normalized spacial score (nSPS) is 36.8. The molecule has 20 heavy (non-hydrogen) atoms. The zero-order valence-electron chi connectivity index (χ0n) is 13.9. The van der Waals surface area contributed by atoms with Gasteiger partial charge in [-0.15, -0.1) is 0 Å². The quantitative estimate of drug-likeness (QED) is 0.818. The van der Waals surface area contributed by atoms with Crippen LogP contribution in [0.1, 0.15) is 78.1 Å². The lowest BCUT2D eigenvalue weighted by molar-refractivity contribution is 0.00552. The Morgan fingerprint density at radius 3 is 2.60 bits per heavy atom. The van der Waals surface area contributed by atoms with Crippen LogP contribution >= 0.6 is 0 Å². The van der Waals surface area contributed by atoms with Crippen molar-refractivity contribution in [1.29, 1.82) is 0 Å². The highest BCUT2D eigenvalue weighted by Gasteiger charge is 2.43. The van der Waals surface area contributed by atoms with Gasteiger partial charge in [0.05, 0.1) is 0 Å². The van der Waals surface area contributed by atoms with Crippen LogP contribution < -0.4 is 5.73 Å². The average molecular weight is 280 g/mol. The van der Waals surface area contributed by atoms with Crippen molar-refractivity contribution < 1.29 is 0 Å². The lowest BCUT2D eigenvalue weighted by Crippen LogP contribution is -2.60. The van der Waals surface area contributed by atoms with E-state index in [1.807, 2.05) is 0 Å². The van der Waals surface area contributed by atoms with Gasteiger partial charge in [-0.2, -0.15) is 0 Å². The Bertz CT molecular complexity index is 279. The van der Waals surface area contributed by atoms with E-state index in [-0.39, 0.29) is 0 Å². The molecule has 1 heterocycles. The van der Waals surface area contributed by atoms with E-state index in [0.717, 1.165) is 18.4 Å². The molecule has 2 rings (SSSR count). The maximum absolute atomic E-state index is 6.34. The van der Waals surface area contributed by atoms with Gasteiger partial charge in [-0.25, -0.2) is 0 Å². The van der Waals surface area contributed by atoms with Gasteiger partial charge in [0.2, 0.25) is 0 Å². The summed E-state index contributed by atoms with van der Waals surface area (Å²) in [6.07, 6.45) is 13.9. The summed E-state index contributed by atoms with van der Waals surface area (Å²) in [5.74, 6) is 1.81. The molecule has 2 heteroatoms. The number of nitrogens with zero attached hydrogens (tertiary/aromatic N) is 1. The number of likely N-dealkylation sites (tertiary alicyclic amines) is 1. The average Bonchev–Trinajstić information content (AvgIpc) is 2.73. The van der Waals surface area contributed by atoms with Crippen LogP contribution in [-0.2, 0) is 0 Å². The van der Waals surface area contributed by atoms with Gasteiger partial charge in [0.15, 0.2) is 0 Å². The third-order valence-corrected chi connectivity index (χ3v) is 6.19. The molecule has 0 aromatic rings. The van der Waals surface area contributed by atoms with Crippen molar-refractivity contribution >= 4 is 0 Å². The summed E-state index contributed by atoms with van der Waals surface area (Å²) in [5.41, 5.74) is 6.68. The van der Waals surface area contributed by atoms with Crippen molar-refractivity contribution in [3.63, 3.8) is 0 Å². The molecule has 1 saturated carbocycles. The first-order valence-electron chi connectivity index (χ1n) is 9.22. The molecule has 3 atom stereocenters. The van der Waals surface area contributed by atoms with Crippen LogP contribution in [0.5, 0.6) is 0 Å². The van der Waals surface area contributed by atoms with Crippen LogP contribution in [0, 0.1) is 11.8 Å². The van der Waals surface area contributed by atoms with Gasteiger partial charge in [0.25, 0.3) is 0 Å². The molecule has 3 unspecified atom stereocenters. The first-order valence-corrected chi connectivity index (χ1v) is 9.22. The summed E-state index contributed by atoms with van der Waals surface area (Å²) in [5, 5.41) is 0. The molecule has 2 N–H and O–H groups in total. The van der Waals surface area contributed by atoms with Gasteiger partial charge < -0.3 is 5.73 Å². The van der Waals surface area contributed by atoms with E-state index >= 15 is 0 Å². The van der Waals surface area contributed by atoms with Crippen molar-refractivity contribution in [3.8, 4) is 0 Å². The fourth-order valence-corrected chi connectivity index (χ4v) is 5.00.